The Balaban J connectivity index is 1.95. The van der Waals surface area contributed by atoms with E-state index in [1.807, 2.05) is 48.5 Å². The quantitative estimate of drug-likeness (QED) is 0.393. The molecule has 0 radical (unpaired) electrons. The van der Waals surface area contributed by atoms with Gasteiger partial charge in [-0.3, -0.25) is 24.5 Å². The molecule has 0 amide bonds. The minimum absolute atomic E-state index is 0.0204. The molecule has 0 spiro atoms. The Morgan fingerprint density at radius 1 is 0.857 bits per heavy atom. The van der Waals surface area contributed by atoms with Crippen molar-refractivity contribution >= 4 is 5.69 Å². The van der Waals surface area contributed by atoms with E-state index in [2.05, 4.69) is 4.98 Å². The first-order valence-corrected chi connectivity index (χ1v) is 8.62. The molecule has 0 aliphatic rings. The van der Waals surface area contributed by atoms with Gasteiger partial charge >= 0.3 is 0 Å². The molecule has 2 aromatic carbocycles. The number of nitro benzene ring substituents is 1. The van der Waals surface area contributed by atoms with Crippen LogP contribution in [0.1, 0.15) is 0 Å². The molecule has 2 aromatic heterocycles. The molecule has 0 bridgehead atoms. The fourth-order valence-corrected chi connectivity index (χ4v) is 3.01. The summed E-state index contributed by atoms with van der Waals surface area (Å²) in [5, 5.41) is 10.9. The number of nitro groups is 1. The number of hydrogen-bond acceptors (Lipinski definition) is 4. The van der Waals surface area contributed by atoms with E-state index in [-0.39, 0.29) is 11.2 Å². The predicted molar refractivity (Wildman–Crippen MR) is 107 cm³/mol. The van der Waals surface area contributed by atoms with Gasteiger partial charge in [0.05, 0.1) is 10.6 Å². The fourth-order valence-electron chi connectivity index (χ4n) is 3.01. The van der Waals surface area contributed by atoms with E-state index in [9.17, 15) is 14.9 Å². The van der Waals surface area contributed by atoms with Crippen LogP contribution in [-0.4, -0.2) is 14.5 Å². The minimum atomic E-state index is -0.462. The maximum absolute atomic E-state index is 13.2. The fraction of sp³-hybridized carbons (Fsp3) is 0. The molecule has 0 N–H and O–H groups in total. The van der Waals surface area contributed by atoms with Crippen LogP contribution in [0.15, 0.2) is 96.1 Å². The number of nitrogens with zero attached hydrogens (tertiary/aromatic N) is 3. The molecule has 28 heavy (non-hydrogen) atoms. The Kier molecular flexibility index (Phi) is 4.51. The first kappa shape index (κ1) is 17.4. The van der Waals surface area contributed by atoms with E-state index < -0.39 is 4.92 Å². The summed E-state index contributed by atoms with van der Waals surface area (Å²) in [5.41, 5.74) is 3.06. The number of pyridine rings is 2. The highest BCUT2D eigenvalue weighted by Gasteiger charge is 2.13. The highest BCUT2D eigenvalue weighted by Crippen LogP contribution is 2.25. The highest BCUT2D eigenvalue weighted by molar-refractivity contribution is 5.71. The van der Waals surface area contributed by atoms with E-state index >= 15 is 0 Å². The summed E-state index contributed by atoms with van der Waals surface area (Å²) in [4.78, 5) is 28.0. The van der Waals surface area contributed by atoms with Crippen molar-refractivity contribution in [3.8, 4) is 28.1 Å². The van der Waals surface area contributed by atoms with E-state index in [0.717, 1.165) is 16.9 Å². The molecule has 136 valence electrons. The third kappa shape index (κ3) is 3.31. The molecule has 2 heterocycles. The van der Waals surface area contributed by atoms with Crippen LogP contribution in [0.3, 0.4) is 0 Å². The molecule has 0 saturated carbocycles. The Bertz CT molecular complexity index is 1190. The van der Waals surface area contributed by atoms with Gasteiger partial charge in [0.25, 0.3) is 11.2 Å². The number of non-ortho nitro benzene ring substituents is 1. The van der Waals surface area contributed by atoms with Crippen LogP contribution in [0.4, 0.5) is 5.69 Å². The van der Waals surface area contributed by atoms with Gasteiger partial charge in [-0.2, -0.15) is 0 Å². The standard InChI is InChI=1S/C22H15N3O3/c26-22-20(16-9-11-19(12-10-16)25(27)28)14-17(21-8-4-5-13-23-21)15-24(22)18-6-2-1-3-7-18/h1-15H. The van der Waals surface area contributed by atoms with Crippen molar-refractivity contribution in [2.75, 3.05) is 0 Å². The van der Waals surface area contributed by atoms with Gasteiger partial charge in [-0.25, -0.2) is 0 Å². The Labute approximate surface area is 160 Å². The smallest absolute Gasteiger partial charge is 0.269 e. The van der Waals surface area contributed by atoms with Gasteiger partial charge in [-0.15, -0.1) is 0 Å². The summed E-state index contributed by atoms with van der Waals surface area (Å²) < 4.78 is 1.57. The molecule has 0 saturated heterocycles. The third-order valence-corrected chi connectivity index (χ3v) is 4.40. The van der Waals surface area contributed by atoms with Crippen molar-refractivity contribution in [1.82, 2.24) is 9.55 Å². The molecule has 0 unspecified atom stereocenters. The van der Waals surface area contributed by atoms with Crippen LogP contribution in [0.5, 0.6) is 0 Å². The van der Waals surface area contributed by atoms with Crippen molar-refractivity contribution in [3.63, 3.8) is 0 Å². The highest BCUT2D eigenvalue weighted by atomic mass is 16.6. The van der Waals surface area contributed by atoms with Gasteiger partial charge < -0.3 is 0 Å². The molecule has 4 aromatic rings. The van der Waals surface area contributed by atoms with Gasteiger partial charge in [-0.05, 0) is 48.0 Å². The van der Waals surface area contributed by atoms with Gasteiger partial charge in [0.2, 0.25) is 0 Å². The van der Waals surface area contributed by atoms with Crippen molar-refractivity contribution in [2.24, 2.45) is 0 Å². The Hall–Kier alpha value is -4.06. The van der Waals surface area contributed by atoms with E-state index in [0.29, 0.717) is 11.1 Å². The second kappa shape index (κ2) is 7.28. The van der Waals surface area contributed by atoms with E-state index in [4.69, 9.17) is 0 Å². The van der Waals surface area contributed by atoms with Crippen LogP contribution >= 0.6 is 0 Å². The summed E-state index contributed by atoms with van der Waals surface area (Å²) >= 11 is 0. The third-order valence-electron chi connectivity index (χ3n) is 4.40. The Morgan fingerprint density at radius 3 is 2.21 bits per heavy atom. The molecule has 0 fully saturated rings. The topological polar surface area (TPSA) is 78.0 Å². The summed E-state index contributed by atoms with van der Waals surface area (Å²) in [6.07, 6.45) is 3.45. The molecular formula is C22H15N3O3. The molecule has 0 atom stereocenters. The maximum Gasteiger partial charge on any atom is 0.269 e. The number of rotatable bonds is 4. The molecule has 4 rings (SSSR count). The zero-order valence-corrected chi connectivity index (χ0v) is 14.7. The second-order valence-corrected chi connectivity index (χ2v) is 6.17. The summed E-state index contributed by atoms with van der Waals surface area (Å²) in [7, 11) is 0. The number of aromatic nitrogens is 2. The maximum atomic E-state index is 13.2. The summed E-state index contributed by atoms with van der Waals surface area (Å²) in [5.74, 6) is 0. The largest absolute Gasteiger partial charge is 0.283 e. The first-order chi connectivity index (χ1) is 13.6. The van der Waals surface area contributed by atoms with Gasteiger partial charge in [0.15, 0.2) is 0 Å². The van der Waals surface area contributed by atoms with Crippen LogP contribution < -0.4 is 5.56 Å². The zero-order valence-electron chi connectivity index (χ0n) is 14.7. The van der Waals surface area contributed by atoms with Crippen LogP contribution in [0.2, 0.25) is 0 Å². The van der Waals surface area contributed by atoms with Gasteiger partial charge in [0, 0.05) is 41.3 Å². The second-order valence-electron chi connectivity index (χ2n) is 6.17. The molecule has 6 nitrogen and oxygen atoms in total. The lowest BCUT2D eigenvalue weighted by molar-refractivity contribution is -0.384. The number of hydrogen-bond donors (Lipinski definition) is 0. The monoisotopic (exact) mass is 369 g/mol. The normalized spacial score (nSPS) is 10.6. The van der Waals surface area contributed by atoms with Crippen molar-refractivity contribution in [2.45, 2.75) is 0 Å². The predicted octanol–water partition coefficient (Wildman–Crippen LogP) is 4.47. The summed E-state index contributed by atoms with van der Waals surface area (Å²) in [6, 6.07) is 22.6. The lowest BCUT2D eigenvalue weighted by atomic mass is 10.0. The van der Waals surface area contributed by atoms with Crippen molar-refractivity contribution < 1.29 is 4.92 Å². The lowest BCUT2D eigenvalue weighted by Crippen LogP contribution is -2.20. The van der Waals surface area contributed by atoms with Crippen molar-refractivity contribution in [1.29, 1.82) is 0 Å². The number of benzene rings is 2. The SMILES string of the molecule is O=c1c(-c2ccc([N+](=O)[O-])cc2)cc(-c2ccccn2)cn1-c1ccccc1. The van der Waals surface area contributed by atoms with E-state index in [1.54, 1.807) is 35.2 Å². The zero-order chi connectivity index (χ0) is 19.5. The van der Waals surface area contributed by atoms with Crippen LogP contribution in [-0.2, 0) is 0 Å². The number of para-hydroxylation sites is 1. The summed E-state index contributed by atoms with van der Waals surface area (Å²) in [6.45, 7) is 0. The van der Waals surface area contributed by atoms with Gasteiger partial charge in [-0.1, -0.05) is 24.3 Å². The average Bonchev–Trinajstić information content (AvgIpc) is 2.75. The molecule has 0 aliphatic carbocycles. The Morgan fingerprint density at radius 2 is 1.57 bits per heavy atom. The molecule has 0 aliphatic heterocycles. The van der Waals surface area contributed by atoms with Crippen LogP contribution in [0, 0.1) is 10.1 Å². The molecular weight excluding hydrogens is 354 g/mol. The van der Waals surface area contributed by atoms with Crippen LogP contribution in [0.25, 0.3) is 28.1 Å². The molecule has 6 heteroatoms. The lowest BCUT2D eigenvalue weighted by Gasteiger charge is -2.12. The van der Waals surface area contributed by atoms with E-state index in [1.165, 1.54) is 12.1 Å². The van der Waals surface area contributed by atoms with Gasteiger partial charge in [0.1, 0.15) is 0 Å². The average molecular weight is 369 g/mol. The van der Waals surface area contributed by atoms with Crippen molar-refractivity contribution in [3.05, 3.63) is 112 Å². The minimum Gasteiger partial charge on any atom is -0.283 e. The first-order valence-electron chi connectivity index (χ1n) is 8.62.